The SMILES string of the molecule is CC(NC(=O)OC(C)(C)C)C(=O)N(CCO)C(C(=O)NC1CCCCC1)c1ccccc1. The van der Waals surface area contributed by atoms with Crippen LogP contribution in [-0.4, -0.2) is 58.8 Å². The van der Waals surface area contributed by atoms with Crippen LogP contribution in [0.25, 0.3) is 0 Å². The van der Waals surface area contributed by atoms with Crippen LogP contribution in [0.3, 0.4) is 0 Å². The van der Waals surface area contributed by atoms with Gasteiger partial charge in [0.1, 0.15) is 17.7 Å². The van der Waals surface area contributed by atoms with Gasteiger partial charge < -0.3 is 25.4 Å². The Hall–Kier alpha value is -2.61. The predicted molar refractivity (Wildman–Crippen MR) is 122 cm³/mol. The molecule has 0 bridgehead atoms. The fraction of sp³-hybridized carbons (Fsp3) is 0.625. The maximum absolute atomic E-state index is 13.4. The van der Waals surface area contributed by atoms with Gasteiger partial charge in [-0.15, -0.1) is 0 Å². The third-order valence-corrected chi connectivity index (χ3v) is 5.35. The molecule has 0 radical (unpaired) electrons. The van der Waals surface area contributed by atoms with Crippen molar-refractivity contribution in [3.8, 4) is 0 Å². The summed E-state index contributed by atoms with van der Waals surface area (Å²) in [5.74, 6) is -0.757. The molecule has 2 rings (SSSR count). The number of amides is 3. The molecule has 1 fully saturated rings. The molecule has 1 aliphatic carbocycles. The molecule has 1 aromatic carbocycles. The van der Waals surface area contributed by atoms with Gasteiger partial charge >= 0.3 is 6.09 Å². The average Bonchev–Trinajstić information content (AvgIpc) is 2.73. The molecule has 178 valence electrons. The standard InChI is InChI=1S/C24H37N3O5/c1-17(25-23(31)32-24(2,3)4)22(30)27(15-16-28)20(18-11-7-5-8-12-18)21(29)26-19-13-9-6-10-14-19/h5,7-8,11-12,17,19-20,28H,6,9-10,13-16H2,1-4H3,(H,25,31)(H,26,29). The van der Waals surface area contributed by atoms with Gasteiger partial charge in [-0.1, -0.05) is 49.6 Å². The van der Waals surface area contributed by atoms with Crippen LogP contribution in [0.5, 0.6) is 0 Å². The second-order valence-electron chi connectivity index (χ2n) is 9.28. The Morgan fingerprint density at radius 3 is 2.31 bits per heavy atom. The van der Waals surface area contributed by atoms with Gasteiger partial charge in [-0.05, 0) is 46.1 Å². The fourth-order valence-corrected chi connectivity index (χ4v) is 3.90. The molecule has 0 aromatic heterocycles. The summed E-state index contributed by atoms with van der Waals surface area (Å²) in [6.07, 6.45) is 4.41. The average molecular weight is 448 g/mol. The first kappa shape index (κ1) is 25.6. The van der Waals surface area contributed by atoms with E-state index >= 15 is 0 Å². The molecule has 8 heteroatoms. The van der Waals surface area contributed by atoms with E-state index in [4.69, 9.17) is 4.74 Å². The van der Waals surface area contributed by atoms with E-state index in [2.05, 4.69) is 10.6 Å². The molecule has 2 atom stereocenters. The van der Waals surface area contributed by atoms with Crippen molar-refractivity contribution in [2.45, 2.75) is 83.5 Å². The Morgan fingerprint density at radius 1 is 1.12 bits per heavy atom. The van der Waals surface area contributed by atoms with Crippen molar-refractivity contribution >= 4 is 17.9 Å². The van der Waals surface area contributed by atoms with Crippen LogP contribution in [0.2, 0.25) is 0 Å². The monoisotopic (exact) mass is 447 g/mol. The number of aliphatic hydroxyl groups excluding tert-OH is 1. The van der Waals surface area contributed by atoms with Gasteiger partial charge in [0.25, 0.3) is 0 Å². The third kappa shape index (κ3) is 7.82. The maximum Gasteiger partial charge on any atom is 0.408 e. The minimum absolute atomic E-state index is 0.0448. The summed E-state index contributed by atoms with van der Waals surface area (Å²) in [6.45, 7) is 6.38. The number of aliphatic hydroxyl groups is 1. The fourth-order valence-electron chi connectivity index (χ4n) is 3.90. The molecule has 3 amide bonds. The van der Waals surface area contributed by atoms with E-state index in [-0.39, 0.29) is 25.1 Å². The van der Waals surface area contributed by atoms with E-state index in [0.29, 0.717) is 5.56 Å². The Kier molecular flexibility index (Phi) is 9.50. The summed E-state index contributed by atoms with van der Waals surface area (Å²) in [7, 11) is 0. The van der Waals surface area contributed by atoms with Crippen LogP contribution < -0.4 is 10.6 Å². The lowest BCUT2D eigenvalue weighted by molar-refractivity contribution is -0.143. The van der Waals surface area contributed by atoms with Crippen LogP contribution in [0.1, 0.15) is 71.4 Å². The van der Waals surface area contributed by atoms with Crippen LogP contribution >= 0.6 is 0 Å². The van der Waals surface area contributed by atoms with E-state index in [1.165, 1.54) is 11.8 Å². The molecule has 0 heterocycles. The molecule has 1 saturated carbocycles. The number of alkyl carbamates (subject to hydrolysis) is 1. The number of hydrogen-bond acceptors (Lipinski definition) is 5. The quantitative estimate of drug-likeness (QED) is 0.568. The second-order valence-corrected chi connectivity index (χ2v) is 9.28. The minimum Gasteiger partial charge on any atom is -0.444 e. The van der Waals surface area contributed by atoms with Gasteiger partial charge in [0.2, 0.25) is 11.8 Å². The molecule has 32 heavy (non-hydrogen) atoms. The van der Waals surface area contributed by atoms with Crippen LogP contribution in [0, 0.1) is 0 Å². The largest absolute Gasteiger partial charge is 0.444 e. The third-order valence-electron chi connectivity index (χ3n) is 5.35. The van der Waals surface area contributed by atoms with E-state index < -0.39 is 29.7 Å². The highest BCUT2D eigenvalue weighted by molar-refractivity contribution is 5.92. The summed E-state index contributed by atoms with van der Waals surface area (Å²) in [5, 5.41) is 15.3. The number of benzene rings is 1. The lowest BCUT2D eigenvalue weighted by Gasteiger charge is -2.34. The van der Waals surface area contributed by atoms with E-state index in [1.54, 1.807) is 45.0 Å². The van der Waals surface area contributed by atoms with Gasteiger partial charge in [0.05, 0.1) is 6.61 Å². The number of rotatable bonds is 8. The Bertz CT molecular complexity index is 757. The zero-order valence-corrected chi connectivity index (χ0v) is 19.6. The summed E-state index contributed by atoms with van der Waals surface area (Å²) in [6, 6.07) is 7.24. The van der Waals surface area contributed by atoms with Crippen molar-refractivity contribution < 1.29 is 24.2 Å². The molecule has 1 aliphatic rings. The predicted octanol–water partition coefficient (Wildman–Crippen LogP) is 2.91. The molecule has 1 aromatic rings. The molecule has 8 nitrogen and oxygen atoms in total. The Balaban J connectivity index is 2.24. The van der Waals surface area contributed by atoms with Crippen molar-refractivity contribution in [1.29, 1.82) is 0 Å². The summed E-state index contributed by atoms with van der Waals surface area (Å²) >= 11 is 0. The molecule has 3 N–H and O–H groups in total. The summed E-state index contributed by atoms with van der Waals surface area (Å²) in [5.41, 5.74) is -0.0588. The molecule has 0 spiro atoms. The highest BCUT2D eigenvalue weighted by atomic mass is 16.6. The number of nitrogens with one attached hydrogen (secondary N) is 2. The lowest BCUT2D eigenvalue weighted by atomic mass is 9.94. The number of nitrogens with zero attached hydrogens (tertiary/aromatic N) is 1. The van der Waals surface area contributed by atoms with Crippen molar-refractivity contribution in [2.24, 2.45) is 0 Å². The molecule has 0 aliphatic heterocycles. The van der Waals surface area contributed by atoms with Gasteiger partial charge in [0.15, 0.2) is 0 Å². The van der Waals surface area contributed by atoms with Crippen molar-refractivity contribution in [3.63, 3.8) is 0 Å². The van der Waals surface area contributed by atoms with Gasteiger partial charge in [0, 0.05) is 12.6 Å². The van der Waals surface area contributed by atoms with Gasteiger partial charge in [-0.2, -0.15) is 0 Å². The number of carbonyl (C=O) groups is 3. The minimum atomic E-state index is -0.940. The number of hydrogen-bond donors (Lipinski definition) is 3. The van der Waals surface area contributed by atoms with E-state index in [9.17, 15) is 19.5 Å². The smallest absolute Gasteiger partial charge is 0.408 e. The molecular weight excluding hydrogens is 410 g/mol. The van der Waals surface area contributed by atoms with Crippen LogP contribution in [0.15, 0.2) is 30.3 Å². The first-order valence-electron chi connectivity index (χ1n) is 11.4. The van der Waals surface area contributed by atoms with E-state index in [0.717, 1.165) is 32.1 Å². The number of ether oxygens (including phenoxy) is 1. The Morgan fingerprint density at radius 2 is 1.75 bits per heavy atom. The van der Waals surface area contributed by atoms with Crippen molar-refractivity contribution in [1.82, 2.24) is 15.5 Å². The highest BCUT2D eigenvalue weighted by Gasteiger charge is 2.35. The van der Waals surface area contributed by atoms with Crippen molar-refractivity contribution in [2.75, 3.05) is 13.2 Å². The van der Waals surface area contributed by atoms with Gasteiger partial charge in [-0.25, -0.2) is 4.79 Å². The Labute approximate surface area is 190 Å². The van der Waals surface area contributed by atoms with Crippen LogP contribution in [0.4, 0.5) is 4.79 Å². The zero-order valence-electron chi connectivity index (χ0n) is 19.6. The van der Waals surface area contributed by atoms with Crippen LogP contribution in [-0.2, 0) is 14.3 Å². The molecule has 0 saturated heterocycles. The topological polar surface area (TPSA) is 108 Å². The highest BCUT2D eigenvalue weighted by Crippen LogP contribution is 2.24. The summed E-state index contributed by atoms with van der Waals surface area (Å²) in [4.78, 5) is 40.2. The zero-order chi connectivity index (χ0) is 23.7. The maximum atomic E-state index is 13.4. The van der Waals surface area contributed by atoms with E-state index in [1.807, 2.05) is 6.07 Å². The summed E-state index contributed by atoms with van der Waals surface area (Å²) < 4.78 is 5.24. The second kappa shape index (κ2) is 11.9. The molecular formula is C24H37N3O5. The van der Waals surface area contributed by atoms with Gasteiger partial charge in [-0.3, -0.25) is 9.59 Å². The first-order chi connectivity index (χ1) is 15.1. The normalized spacial score (nSPS) is 16.5. The number of carbonyl (C=O) groups excluding carboxylic acids is 3. The molecule has 2 unspecified atom stereocenters. The lowest BCUT2D eigenvalue weighted by Crippen LogP contribution is -2.53. The first-order valence-corrected chi connectivity index (χ1v) is 11.4. The van der Waals surface area contributed by atoms with Crippen molar-refractivity contribution in [3.05, 3.63) is 35.9 Å².